The summed E-state index contributed by atoms with van der Waals surface area (Å²) in [4.78, 5) is 11.4. The minimum atomic E-state index is -0.0998. The van der Waals surface area contributed by atoms with Crippen LogP contribution in [0, 0.1) is 0 Å². The Balaban J connectivity index is 2.42. The van der Waals surface area contributed by atoms with Crippen LogP contribution in [0.25, 0.3) is 0 Å². The van der Waals surface area contributed by atoms with Crippen molar-refractivity contribution in [1.82, 2.24) is 0 Å². The largest absolute Gasteiger partial charge is 0.497 e. The van der Waals surface area contributed by atoms with Gasteiger partial charge in [-0.1, -0.05) is 13.3 Å². The molecule has 0 aliphatic heterocycles. The monoisotopic (exact) mass is 293 g/mol. The van der Waals surface area contributed by atoms with Crippen LogP contribution in [0.5, 0.6) is 5.75 Å². The topological polar surface area (TPSA) is 47.6 Å². The van der Waals surface area contributed by atoms with Crippen molar-refractivity contribution in [3.8, 4) is 5.75 Å². The average molecular weight is 293 g/mol. The Labute approximate surface area is 127 Å². The zero-order chi connectivity index (χ0) is 15.5. The Hall–Kier alpha value is -1.71. The van der Waals surface area contributed by atoms with Crippen LogP contribution in [0.4, 0.5) is 5.69 Å². The summed E-state index contributed by atoms with van der Waals surface area (Å²) >= 11 is 0. The van der Waals surface area contributed by atoms with Crippen molar-refractivity contribution >= 4 is 11.7 Å². The third-order valence-electron chi connectivity index (χ3n) is 3.34. The molecule has 1 N–H and O–H groups in total. The second kappa shape index (κ2) is 10.1. The number of esters is 1. The molecule has 0 aromatic heterocycles. The summed E-state index contributed by atoms with van der Waals surface area (Å²) in [6.07, 6.45) is 4.53. The summed E-state index contributed by atoms with van der Waals surface area (Å²) in [5.74, 6) is 0.757. The minimum Gasteiger partial charge on any atom is -0.497 e. The van der Waals surface area contributed by atoms with Crippen LogP contribution in [0.1, 0.15) is 46.0 Å². The van der Waals surface area contributed by atoms with E-state index in [0.29, 0.717) is 19.1 Å². The molecule has 118 valence electrons. The van der Waals surface area contributed by atoms with Gasteiger partial charge < -0.3 is 14.8 Å². The van der Waals surface area contributed by atoms with Crippen LogP contribution < -0.4 is 10.1 Å². The van der Waals surface area contributed by atoms with Gasteiger partial charge in [-0.3, -0.25) is 4.79 Å². The number of methoxy groups -OCH3 is 1. The molecule has 1 aromatic carbocycles. The van der Waals surface area contributed by atoms with E-state index in [9.17, 15) is 4.79 Å². The van der Waals surface area contributed by atoms with E-state index in [0.717, 1.165) is 37.1 Å². The zero-order valence-electron chi connectivity index (χ0n) is 13.4. The molecular formula is C17H27NO3. The lowest BCUT2D eigenvalue weighted by molar-refractivity contribution is -0.143. The van der Waals surface area contributed by atoms with Crippen molar-refractivity contribution in [1.29, 1.82) is 0 Å². The number of hydrogen-bond acceptors (Lipinski definition) is 4. The van der Waals surface area contributed by atoms with Gasteiger partial charge in [0.25, 0.3) is 0 Å². The third-order valence-corrected chi connectivity index (χ3v) is 3.34. The minimum absolute atomic E-state index is 0.0998. The molecular weight excluding hydrogens is 266 g/mol. The maximum absolute atomic E-state index is 11.4. The third kappa shape index (κ3) is 7.02. The highest BCUT2D eigenvalue weighted by Crippen LogP contribution is 2.19. The molecule has 0 saturated heterocycles. The Bertz CT molecular complexity index is 403. The lowest BCUT2D eigenvalue weighted by Gasteiger charge is -2.19. The van der Waals surface area contributed by atoms with E-state index < -0.39 is 0 Å². The molecule has 1 rings (SSSR count). The molecule has 0 aliphatic rings. The molecule has 0 fully saturated rings. The number of ether oxygens (including phenoxy) is 2. The lowest BCUT2D eigenvalue weighted by atomic mass is 10.0. The summed E-state index contributed by atoms with van der Waals surface area (Å²) in [5.41, 5.74) is 1.09. The highest BCUT2D eigenvalue weighted by Gasteiger charge is 2.09. The van der Waals surface area contributed by atoms with Gasteiger partial charge in [-0.05, 0) is 50.5 Å². The predicted molar refractivity (Wildman–Crippen MR) is 85.8 cm³/mol. The molecule has 0 amide bonds. The van der Waals surface area contributed by atoms with Crippen molar-refractivity contribution in [2.24, 2.45) is 0 Å². The molecule has 4 heteroatoms. The van der Waals surface area contributed by atoms with Gasteiger partial charge in [-0.2, -0.15) is 0 Å². The highest BCUT2D eigenvalue weighted by molar-refractivity contribution is 5.69. The first-order chi connectivity index (χ1) is 10.2. The van der Waals surface area contributed by atoms with Crippen molar-refractivity contribution in [3.05, 3.63) is 24.3 Å². The van der Waals surface area contributed by atoms with Crippen molar-refractivity contribution in [2.45, 2.75) is 52.0 Å². The van der Waals surface area contributed by atoms with E-state index >= 15 is 0 Å². The number of carbonyl (C=O) groups is 1. The quantitative estimate of drug-likeness (QED) is 0.662. The lowest BCUT2D eigenvalue weighted by Crippen LogP contribution is -2.19. The van der Waals surface area contributed by atoms with E-state index in [1.807, 2.05) is 31.2 Å². The summed E-state index contributed by atoms with van der Waals surface area (Å²) < 4.78 is 10.1. The van der Waals surface area contributed by atoms with Gasteiger partial charge in [0, 0.05) is 18.2 Å². The maximum atomic E-state index is 11.4. The molecule has 0 unspecified atom stereocenters. The number of carbonyl (C=O) groups excluding carboxylic acids is 1. The summed E-state index contributed by atoms with van der Waals surface area (Å²) in [6.45, 7) is 4.47. The van der Waals surface area contributed by atoms with Gasteiger partial charge in [-0.25, -0.2) is 0 Å². The molecule has 0 saturated carbocycles. The summed E-state index contributed by atoms with van der Waals surface area (Å²) in [6, 6.07) is 8.32. The Morgan fingerprint density at radius 1 is 1.19 bits per heavy atom. The molecule has 1 atom stereocenters. The molecule has 0 heterocycles. The fraction of sp³-hybridized carbons (Fsp3) is 0.588. The molecule has 0 bridgehead atoms. The first-order valence-corrected chi connectivity index (χ1v) is 7.75. The maximum Gasteiger partial charge on any atom is 0.305 e. The van der Waals surface area contributed by atoms with Crippen LogP contribution in [0.2, 0.25) is 0 Å². The van der Waals surface area contributed by atoms with Crippen LogP contribution in [-0.4, -0.2) is 25.7 Å². The molecule has 0 radical (unpaired) electrons. The van der Waals surface area contributed by atoms with E-state index in [2.05, 4.69) is 12.2 Å². The fourth-order valence-electron chi connectivity index (χ4n) is 2.29. The van der Waals surface area contributed by atoms with Crippen molar-refractivity contribution in [3.63, 3.8) is 0 Å². The number of nitrogens with one attached hydrogen (secondary N) is 1. The molecule has 0 aliphatic carbocycles. The normalized spacial score (nSPS) is 11.8. The SMILES string of the molecule is CCC[C@H](CCCC(=O)OCC)Nc1ccc(OC)cc1. The van der Waals surface area contributed by atoms with Crippen LogP contribution in [0.15, 0.2) is 24.3 Å². The second-order valence-electron chi connectivity index (χ2n) is 5.06. The fourth-order valence-corrected chi connectivity index (χ4v) is 2.29. The Morgan fingerprint density at radius 3 is 2.48 bits per heavy atom. The van der Waals surface area contributed by atoms with Crippen molar-refractivity contribution < 1.29 is 14.3 Å². The number of benzene rings is 1. The van der Waals surface area contributed by atoms with E-state index in [-0.39, 0.29) is 5.97 Å². The smallest absolute Gasteiger partial charge is 0.305 e. The van der Waals surface area contributed by atoms with E-state index in [1.54, 1.807) is 7.11 Å². The van der Waals surface area contributed by atoms with Gasteiger partial charge in [0.05, 0.1) is 13.7 Å². The van der Waals surface area contributed by atoms with Gasteiger partial charge in [0.1, 0.15) is 5.75 Å². The molecule has 4 nitrogen and oxygen atoms in total. The average Bonchev–Trinajstić information content (AvgIpc) is 2.48. The zero-order valence-corrected chi connectivity index (χ0v) is 13.4. The summed E-state index contributed by atoms with van der Waals surface area (Å²) in [5, 5.41) is 3.53. The van der Waals surface area contributed by atoms with Gasteiger partial charge in [0.15, 0.2) is 0 Å². The predicted octanol–water partition coefficient (Wildman–Crippen LogP) is 4.01. The Kier molecular flexibility index (Phi) is 8.32. The molecule has 0 spiro atoms. The number of hydrogen-bond donors (Lipinski definition) is 1. The van der Waals surface area contributed by atoms with Gasteiger partial charge in [0.2, 0.25) is 0 Å². The molecule has 1 aromatic rings. The van der Waals surface area contributed by atoms with Crippen LogP contribution >= 0.6 is 0 Å². The number of anilines is 1. The summed E-state index contributed by atoms with van der Waals surface area (Å²) in [7, 11) is 1.66. The van der Waals surface area contributed by atoms with Crippen molar-refractivity contribution in [2.75, 3.05) is 19.0 Å². The number of rotatable bonds is 10. The van der Waals surface area contributed by atoms with E-state index in [4.69, 9.17) is 9.47 Å². The highest BCUT2D eigenvalue weighted by atomic mass is 16.5. The van der Waals surface area contributed by atoms with E-state index in [1.165, 1.54) is 0 Å². The first-order valence-electron chi connectivity index (χ1n) is 7.75. The molecule has 21 heavy (non-hydrogen) atoms. The first kappa shape index (κ1) is 17.3. The van der Waals surface area contributed by atoms with Crippen LogP contribution in [0.3, 0.4) is 0 Å². The van der Waals surface area contributed by atoms with Gasteiger partial charge >= 0.3 is 5.97 Å². The second-order valence-corrected chi connectivity index (χ2v) is 5.06. The standard InChI is InChI=1S/C17H27NO3/c1-4-7-14(8-6-9-17(19)21-5-2)18-15-10-12-16(20-3)13-11-15/h10-14,18H,4-9H2,1-3H3/t14-/m1/s1. The Morgan fingerprint density at radius 2 is 1.90 bits per heavy atom. The van der Waals surface area contributed by atoms with Crippen LogP contribution in [-0.2, 0) is 9.53 Å². The van der Waals surface area contributed by atoms with Gasteiger partial charge in [-0.15, -0.1) is 0 Å².